The Bertz CT molecular complexity index is 401. The molecule has 98 valence electrons. The fourth-order valence-electron chi connectivity index (χ4n) is 1.60. The van der Waals surface area contributed by atoms with Crippen LogP contribution in [0.3, 0.4) is 0 Å². The first kappa shape index (κ1) is 14.8. The molecular formula is C15H20ClNO. The molecule has 1 amide bonds. The number of hydrogen-bond donors (Lipinski definition) is 1. The number of unbranched alkanes of at least 4 members (excludes halogenated alkanes) is 3. The lowest BCUT2D eigenvalue weighted by Crippen LogP contribution is -2.21. The van der Waals surface area contributed by atoms with Gasteiger partial charge in [0.15, 0.2) is 0 Å². The molecule has 18 heavy (non-hydrogen) atoms. The minimum atomic E-state index is -0.0635. The molecule has 1 aromatic rings. The maximum absolute atomic E-state index is 11.5. The maximum Gasteiger partial charge on any atom is 0.243 e. The van der Waals surface area contributed by atoms with Crippen molar-refractivity contribution in [2.24, 2.45) is 0 Å². The van der Waals surface area contributed by atoms with E-state index in [0.29, 0.717) is 5.02 Å². The van der Waals surface area contributed by atoms with Gasteiger partial charge in [-0.15, -0.1) is 0 Å². The first-order chi connectivity index (χ1) is 8.74. The van der Waals surface area contributed by atoms with Crippen molar-refractivity contribution in [3.05, 3.63) is 40.9 Å². The van der Waals surface area contributed by atoms with E-state index in [1.807, 2.05) is 24.3 Å². The van der Waals surface area contributed by atoms with E-state index in [1.54, 1.807) is 6.08 Å². The molecule has 0 aromatic heterocycles. The summed E-state index contributed by atoms with van der Waals surface area (Å²) in [5.41, 5.74) is 0.861. The molecule has 0 unspecified atom stereocenters. The number of carbonyl (C=O) groups is 1. The SMILES string of the molecule is CCCCCCNC(=O)/C=C/c1ccccc1Cl. The van der Waals surface area contributed by atoms with Crippen LogP contribution in [0.15, 0.2) is 30.3 Å². The first-order valence-corrected chi connectivity index (χ1v) is 6.82. The van der Waals surface area contributed by atoms with Crippen molar-refractivity contribution in [1.29, 1.82) is 0 Å². The monoisotopic (exact) mass is 265 g/mol. The van der Waals surface area contributed by atoms with Crippen LogP contribution in [0.5, 0.6) is 0 Å². The molecule has 0 aliphatic carbocycles. The lowest BCUT2D eigenvalue weighted by Gasteiger charge is -2.01. The molecule has 0 heterocycles. The van der Waals surface area contributed by atoms with Crippen LogP contribution in [0.4, 0.5) is 0 Å². The van der Waals surface area contributed by atoms with Crippen LogP contribution >= 0.6 is 11.6 Å². The Kier molecular flexibility index (Phi) is 7.19. The molecule has 0 spiro atoms. The van der Waals surface area contributed by atoms with Crippen LogP contribution < -0.4 is 5.32 Å². The molecule has 2 nitrogen and oxygen atoms in total. The minimum Gasteiger partial charge on any atom is -0.353 e. The van der Waals surface area contributed by atoms with Crippen molar-refractivity contribution >= 4 is 23.6 Å². The fraction of sp³-hybridized carbons (Fsp3) is 0.400. The van der Waals surface area contributed by atoms with E-state index >= 15 is 0 Å². The lowest BCUT2D eigenvalue weighted by molar-refractivity contribution is -0.116. The molecule has 0 fully saturated rings. The average Bonchev–Trinajstić information content (AvgIpc) is 2.37. The molecule has 1 N–H and O–H groups in total. The predicted molar refractivity (Wildman–Crippen MR) is 77.6 cm³/mol. The molecule has 0 bridgehead atoms. The van der Waals surface area contributed by atoms with Crippen molar-refractivity contribution < 1.29 is 4.79 Å². The number of halogens is 1. The van der Waals surface area contributed by atoms with Crippen LogP contribution in [0, 0.1) is 0 Å². The van der Waals surface area contributed by atoms with Gasteiger partial charge >= 0.3 is 0 Å². The van der Waals surface area contributed by atoms with Crippen molar-refractivity contribution in [2.45, 2.75) is 32.6 Å². The normalized spacial score (nSPS) is 10.8. The van der Waals surface area contributed by atoms with Crippen LogP contribution in [-0.4, -0.2) is 12.5 Å². The standard InChI is InChI=1S/C15H20ClNO/c1-2-3-4-7-12-17-15(18)11-10-13-8-5-6-9-14(13)16/h5-6,8-11H,2-4,7,12H2,1H3,(H,17,18)/b11-10+. The van der Waals surface area contributed by atoms with E-state index in [0.717, 1.165) is 18.5 Å². The van der Waals surface area contributed by atoms with Gasteiger partial charge in [0.05, 0.1) is 0 Å². The smallest absolute Gasteiger partial charge is 0.243 e. The number of carbonyl (C=O) groups excluding carboxylic acids is 1. The Hall–Kier alpha value is -1.28. The van der Waals surface area contributed by atoms with Crippen LogP contribution in [-0.2, 0) is 4.79 Å². The van der Waals surface area contributed by atoms with Crippen LogP contribution in [0.25, 0.3) is 6.08 Å². The van der Waals surface area contributed by atoms with E-state index in [9.17, 15) is 4.79 Å². The first-order valence-electron chi connectivity index (χ1n) is 6.44. The zero-order valence-electron chi connectivity index (χ0n) is 10.8. The van der Waals surface area contributed by atoms with E-state index in [1.165, 1.54) is 25.3 Å². The zero-order chi connectivity index (χ0) is 13.2. The van der Waals surface area contributed by atoms with Gasteiger partial charge in [0, 0.05) is 17.6 Å². The molecule has 1 rings (SSSR count). The summed E-state index contributed by atoms with van der Waals surface area (Å²) in [5.74, 6) is -0.0635. The number of benzene rings is 1. The van der Waals surface area contributed by atoms with Gasteiger partial charge in [0.2, 0.25) is 5.91 Å². The molecular weight excluding hydrogens is 246 g/mol. The highest BCUT2D eigenvalue weighted by molar-refractivity contribution is 6.32. The van der Waals surface area contributed by atoms with Gasteiger partial charge in [-0.3, -0.25) is 4.79 Å². The second-order valence-electron chi connectivity index (χ2n) is 4.21. The lowest BCUT2D eigenvalue weighted by atomic mass is 10.2. The van der Waals surface area contributed by atoms with Gasteiger partial charge in [-0.05, 0) is 24.1 Å². The van der Waals surface area contributed by atoms with E-state index < -0.39 is 0 Å². The number of amides is 1. The summed E-state index contributed by atoms with van der Waals surface area (Å²) >= 11 is 5.99. The summed E-state index contributed by atoms with van der Waals surface area (Å²) in [6, 6.07) is 7.46. The molecule has 0 aliphatic rings. The Morgan fingerprint density at radius 3 is 2.78 bits per heavy atom. The van der Waals surface area contributed by atoms with Gasteiger partial charge in [-0.25, -0.2) is 0 Å². The van der Waals surface area contributed by atoms with Gasteiger partial charge in [-0.2, -0.15) is 0 Å². The molecule has 0 aliphatic heterocycles. The van der Waals surface area contributed by atoms with Crippen molar-refractivity contribution in [3.63, 3.8) is 0 Å². The highest BCUT2D eigenvalue weighted by Crippen LogP contribution is 2.15. The number of hydrogen-bond acceptors (Lipinski definition) is 1. The fourth-order valence-corrected chi connectivity index (χ4v) is 1.80. The molecule has 1 aromatic carbocycles. The van der Waals surface area contributed by atoms with Crippen LogP contribution in [0.1, 0.15) is 38.2 Å². The molecule has 3 heteroatoms. The number of rotatable bonds is 7. The Morgan fingerprint density at radius 2 is 2.06 bits per heavy atom. The predicted octanol–water partition coefficient (Wildman–Crippen LogP) is 4.05. The minimum absolute atomic E-state index is 0.0635. The van der Waals surface area contributed by atoms with Crippen LogP contribution in [0.2, 0.25) is 5.02 Å². The second-order valence-corrected chi connectivity index (χ2v) is 4.61. The molecule has 0 saturated carbocycles. The maximum atomic E-state index is 11.5. The van der Waals surface area contributed by atoms with Gasteiger partial charge in [0.1, 0.15) is 0 Å². The van der Waals surface area contributed by atoms with Gasteiger partial charge < -0.3 is 5.32 Å². The summed E-state index contributed by atoms with van der Waals surface area (Å²) in [5, 5.41) is 3.52. The summed E-state index contributed by atoms with van der Waals surface area (Å²) in [6.45, 7) is 2.91. The quantitative estimate of drug-likeness (QED) is 0.585. The highest BCUT2D eigenvalue weighted by atomic mass is 35.5. The average molecular weight is 266 g/mol. The number of nitrogens with one attached hydrogen (secondary N) is 1. The third kappa shape index (κ3) is 5.87. The summed E-state index contributed by atoms with van der Waals surface area (Å²) in [7, 11) is 0. The summed E-state index contributed by atoms with van der Waals surface area (Å²) < 4.78 is 0. The Morgan fingerprint density at radius 1 is 1.28 bits per heavy atom. The Labute approximate surface area is 114 Å². The van der Waals surface area contributed by atoms with Gasteiger partial charge in [0.25, 0.3) is 0 Å². The summed E-state index contributed by atoms with van der Waals surface area (Å²) in [4.78, 5) is 11.5. The van der Waals surface area contributed by atoms with Crippen molar-refractivity contribution in [3.8, 4) is 0 Å². The molecule has 0 atom stereocenters. The van der Waals surface area contributed by atoms with Crippen molar-refractivity contribution in [2.75, 3.05) is 6.54 Å². The Balaban J connectivity index is 2.30. The highest BCUT2D eigenvalue weighted by Gasteiger charge is 1.97. The van der Waals surface area contributed by atoms with E-state index in [-0.39, 0.29) is 5.91 Å². The third-order valence-electron chi connectivity index (χ3n) is 2.65. The van der Waals surface area contributed by atoms with E-state index in [2.05, 4.69) is 12.2 Å². The van der Waals surface area contributed by atoms with E-state index in [4.69, 9.17) is 11.6 Å². The third-order valence-corrected chi connectivity index (χ3v) is 2.99. The zero-order valence-corrected chi connectivity index (χ0v) is 11.5. The molecule has 0 saturated heterocycles. The van der Waals surface area contributed by atoms with Gasteiger partial charge in [-0.1, -0.05) is 56.0 Å². The van der Waals surface area contributed by atoms with Crippen molar-refractivity contribution in [1.82, 2.24) is 5.32 Å². The topological polar surface area (TPSA) is 29.1 Å². The largest absolute Gasteiger partial charge is 0.353 e. The summed E-state index contributed by atoms with van der Waals surface area (Å²) in [6.07, 6.45) is 7.92. The second kappa shape index (κ2) is 8.76. The molecule has 0 radical (unpaired) electrons.